The van der Waals surface area contributed by atoms with Gasteiger partial charge in [0.15, 0.2) is 0 Å². The topological polar surface area (TPSA) is 24.5 Å². The van der Waals surface area contributed by atoms with Gasteiger partial charge in [-0.25, -0.2) is 0 Å². The summed E-state index contributed by atoms with van der Waals surface area (Å²) >= 11 is 0. The van der Waals surface area contributed by atoms with Crippen molar-refractivity contribution in [3.05, 3.63) is 0 Å². The van der Waals surface area contributed by atoms with Crippen molar-refractivity contribution in [3.63, 3.8) is 0 Å². The quantitative estimate of drug-likeness (QED) is 0.644. The standard InChI is InChI=1S/C10H24N2O/c1-6-10(7-11-3)12(4)9(2)8-13-5/h9-11H,6-8H2,1-5H3. The molecule has 0 fully saturated rings. The van der Waals surface area contributed by atoms with Crippen LogP contribution < -0.4 is 5.32 Å². The summed E-state index contributed by atoms with van der Waals surface area (Å²) in [5, 5.41) is 3.21. The van der Waals surface area contributed by atoms with Crippen LogP contribution >= 0.6 is 0 Å². The molecule has 0 aliphatic carbocycles. The first kappa shape index (κ1) is 12.9. The Bertz CT molecular complexity index is 119. The Balaban J connectivity index is 3.94. The maximum atomic E-state index is 5.14. The van der Waals surface area contributed by atoms with E-state index in [0.29, 0.717) is 12.1 Å². The molecule has 2 unspecified atom stereocenters. The third-order valence-corrected chi connectivity index (χ3v) is 2.59. The van der Waals surface area contributed by atoms with Gasteiger partial charge in [-0.2, -0.15) is 0 Å². The number of likely N-dealkylation sites (N-methyl/N-ethyl adjacent to an activating group) is 2. The number of nitrogens with one attached hydrogen (secondary N) is 1. The number of methoxy groups -OCH3 is 1. The van der Waals surface area contributed by atoms with Crippen molar-refractivity contribution in [2.24, 2.45) is 0 Å². The molecular weight excluding hydrogens is 164 g/mol. The lowest BCUT2D eigenvalue weighted by molar-refractivity contribution is 0.0877. The van der Waals surface area contributed by atoms with E-state index in [2.05, 4.69) is 31.1 Å². The summed E-state index contributed by atoms with van der Waals surface area (Å²) in [6.07, 6.45) is 1.17. The molecule has 1 N–H and O–H groups in total. The average Bonchev–Trinajstić information content (AvgIpc) is 2.13. The highest BCUT2D eigenvalue weighted by Gasteiger charge is 2.16. The van der Waals surface area contributed by atoms with Crippen molar-refractivity contribution in [2.75, 3.05) is 34.4 Å². The second kappa shape index (κ2) is 7.30. The van der Waals surface area contributed by atoms with Crippen LogP contribution in [0.2, 0.25) is 0 Å². The van der Waals surface area contributed by atoms with Gasteiger partial charge in [0.1, 0.15) is 0 Å². The van der Waals surface area contributed by atoms with Gasteiger partial charge in [-0.1, -0.05) is 6.92 Å². The summed E-state index contributed by atoms with van der Waals surface area (Å²) in [4.78, 5) is 2.38. The SMILES string of the molecule is CCC(CNC)N(C)C(C)COC. The number of ether oxygens (including phenoxy) is 1. The fourth-order valence-electron chi connectivity index (χ4n) is 1.53. The van der Waals surface area contributed by atoms with Gasteiger partial charge >= 0.3 is 0 Å². The lowest BCUT2D eigenvalue weighted by atomic mass is 10.1. The van der Waals surface area contributed by atoms with E-state index in [4.69, 9.17) is 4.74 Å². The second-order valence-electron chi connectivity index (χ2n) is 3.59. The first-order valence-corrected chi connectivity index (χ1v) is 5.02. The van der Waals surface area contributed by atoms with Crippen LogP contribution in [0.3, 0.4) is 0 Å². The van der Waals surface area contributed by atoms with Crippen LogP contribution in [0.5, 0.6) is 0 Å². The van der Waals surface area contributed by atoms with Crippen molar-refractivity contribution >= 4 is 0 Å². The molecule has 0 aromatic carbocycles. The smallest absolute Gasteiger partial charge is 0.0615 e. The number of rotatable bonds is 7. The highest BCUT2D eigenvalue weighted by atomic mass is 16.5. The van der Waals surface area contributed by atoms with E-state index in [0.717, 1.165) is 13.2 Å². The summed E-state index contributed by atoms with van der Waals surface area (Å²) < 4.78 is 5.14. The zero-order chi connectivity index (χ0) is 10.3. The molecule has 0 saturated carbocycles. The predicted octanol–water partition coefficient (Wildman–Crippen LogP) is 0.951. The van der Waals surface area contributed by atoms with Crippen LogP contribution in [-0.2, 0) is 4.74 Å². The van der Waals surface area contributed by atoms with Crippen LogP contribution in [-0.4, -0.2) is 51.3 Å². The van der Waals surface area contributed by atoms with Gasteiger partial charge in [0.25, 0.3) is 0 Å². The van der Waals surface area contributed by atoms with Crippen molar-refractivity contribution in [1.29, 1.82) is 0 Å². The van der Waals surface area contributed by atoms with E-state index in [9.17, 15) is 0 Å². The largest absolute Gasteiger partial charge is 0.383 e. The summed E-state index contributed by atoms with van der Waals surface area (Å²) in [5.74, 6) is 0. The number of nitrogens with zero attached hydrogens (tertiary/aromatic N) is 1. The fourth-order valence-corrected chi connectivity index (χ4v) is 1.53. The monoisotopic (exact) mass is 188 g/mol. The van der Waals surface area contributed by atoms with Crippen LogP contribution in [0, 0.1) is 0 Å². The van der Waals surface area contributed by atoms with Crippen molar-refractivity contribution in [2.45, 2.75) is 32.4 Å². The molecule has 0 saturated heterocycles. The van der Waals surface area contributed by atoms with E-state index >= 15 is 0 Å². The van der Waals surface area contributed by atoms with Crippen molar-refractivity contribution in [3.8, 4) is 0 Å². The predicted molar refractivity (Wildman–Crippen MR) is 57.1 cm³/mol. The molecule has 0 aliphatic rings. The zero-order valence-corrected chi connectivity index (χ0v) is 9.63. The molecule has 0 spiro atoms. The van der Waals surface area contributed by atoms with E-state index in [1.807, 2.05) is 7.05 Å². The molecule has 2 atom stereocenters. The van der Waals surface area contributed by atoms with Crippen molar-refractivity contribution in [1.82, 2.24) is 10.2 Å². The minimum absolute atomic E-state index is 0.489. The maximum Gasteiger partial charge on any atom is 0.0615 e. The van der Waals surface area contributed by atoms with Gasteiger partial charge in [-0.05, 0) is 27.4 Å². The molecule has 3 nitrogen and oxygen atoms in total. The maximum absolute atomic E-state index is 5.14. The summed E-state index contributed by atoms with van der Waals surface area (Å²) in [6.45, 7) is 6.26. The molecule has 0 aliphatic heterocycles. The molecule has 0 heterocycles. The molecule has 0 bridgehead atoms. The molecular formula is C10H24N2O. The van der Waals surface area contributed by atoms with Gasteiger partial charge in [-0.3, -0.25) is 4.90 Å². The normalized spacial score (nSPS) is 16.2. The van der Waals surface area contributed by atoms with Crippen LogP contribution in [0.1, 0.15) is 20.3 Å². The summed E-state index contributed by atoms with van der Waals surface area (Å²) in [5.41, 5.74) is 0. The van der Waals surface area contributed by atoms with Crippen LogP contribution in [0.15, 0.2) is 0 Å². The van der Waals surface area contributed by atoms with Gasteiger partial charge in [0, 0.05) is 25.7 Å². The Kier molecular flexibility index (Phi) is 7.23. The van der Waals surface area contributed by atoms with Crippen molar-refractivity contribution < 1.29 is 4.74 Å². The van der Waals surface area contributed by atoms with Gasteiger partial charge in [0.2, 0.25) is 0 Å². The van der Waals surface area contributed by atoms with Gasteiger partial charge in [-0.15, -0.1) is 0 Å². The molecule has 0 aromatic rings. The molecule has 80 valence electrons. The molecule has 0 radical (unpaired) electrons. The molecule has 3 heteroatoms. The van der Waals surface area contributed by atoms with Crippen LogP contribution in [0.4, 0.5) is 0 Å². The Morgan fingerprint density at radius 2 is 2.08 bits per heavy atom. The highest BCUT2D eigenvalue weighted by Crippen LogP contribution is 2.05. The van der Waals surface area contributed by atoms with E-state index in [-0.39, 0.29) is 0 Å². The van der Waals surface area contributed by atoms with E-state index < -0.39 is 0 Å². The first-order chi connectivity index (χ1) is 6.17. The minimum Gasteiger partial charge on any atom is -0.383 e. The third kappa shape index (κ3) is 4.60. The highest BCUT2D eigenvalue weighted by molar-refractivity contribution is 4.73. The molecule has 0 aromatic heterocycles. The Hall–Kier alpha value is -0.120. The minimum atomic E-state index is 0.489. The average molecular weight is 188 g/mol. The zero-order valence-electron chi connectivity index (χ0n) is 9.63. The van der Waals surface area contributed by atoms with Crippen LogP contribution in [0.25, 0.3) is 0 Å². The van der Waals surface area contributed by atoms with Gasteiger partial charge < -0.3 is 10.1 Å². The van der Waals surface area contributed by atoms with Gasteiger partial charge in [0.05, 0.1) is 6.61 Å². The fraction of sp³-hybridized carbons (Fsp3) is 1.00. The number of hydrogen-bond acceptors (Lipinski definition) is 3. The Morgan fingerprint density at radius 3 is 2.46 bits per heavy atom. The summed E-state index contributed by atoms with van der Waals surface area (Å²) in [6, 6.07) is 1.10. The lowest BCUT2D eigenvalue weighted by Gasteiger charge is -2.32. The third-order valence-electron chi connectivity index (χ3n) is 2.59. The van der Waals surface area contributed by atoms with E-state index in [1.165, 1.54) is 6.42 Å². The molecule has 0 rings (SSSR count). The summed E-state index contributed by atoms with van der Waals surface area (Å²) in [7, 11) is 5.91. The molecule has 13 heavy (non-hydrogen) atoms. The number of hydrogen-bond donors (Lipinski definition) is 1. The first-order valence-electron chi connectivity index (χ1n) is 5.02. The Morgan fingerprint density at radius 1 is 1.46 bits per heavy atom. The van der Waals surface area contributed by atoms with E-state index in [1.54, 1.807) is 7.11 Å². The Labute approximate surface area is 82.4 Å². The second-order valence-corrected chi connectivity index (χ2v) is 3.59. The molecule has 0 amide bonds. The lowest BCUT2D eigenvalue weighted by Crippen LogP contribution is -2.45.